The molecule has 0 aromatic heterocycles. The first kappa shape index (κ1) is 14.3. The molecule has 1 N–H and O–H groups in total. The molecule has 19 heavy (non-hydrogen) atoms. The second-order valence-electron chi connectivity index (χ2n) is 4.80. The van der Waals surface area contributed by atoms with Gasteiger partial charge in [0.05, 0.1) is 4.92 Å². The minimum Gasteiger partial charge on any atom is -0.381 e. The monoisotopic (exact) mass is 328 g/mol. The van der Waals surface area contributed by atoms with Crippen molar-refractivity contribution < 1.29 is 9.66 Å². The second kappa shape index (κ2) is 6.34. The predicted octanol–water partition coefficient (Wildman–Crippen LogP) is 3.58. The Balaban J connectivity index is 2.12. The molecule has 1 aromatic carbocycles. The number of nitro benzene ring substituents is 1. The van der Waals surface area contributed by atoms with Crippen molar-refractivity contribution in [2.24, 2.45) is 5.92 Å². The number of hydrogen-bond acceptors (Lipinski definition) is 4. The molecule has 0 bridgehead atoms. The lowest BCUT2D eigenvalue weighted by atomic mass is 9.93. The molecule has 0 amide bonds. The van der Waals surface area contributed by atoms with E-state index in [1.807, 2.05) is 0 Å². The van der Waals surface area contributed by atoms with E-state index in [0.717, 1.165) is 30.5 Å². The Bertz CT molecular complexity index is 461. The predicted molar refractivity (Wildman–Crippen MR) is 77.4 cm³/mol. The zero-order valence-electron chi connectivity index (χ0n) is 10.8. The average Bonchev–Trinajstić information content (AvgIpc) is 2.39. The van der Waals surface area contributed by atoms with Crippen LogP contribution in [0.5, 0.6) is 0 Å². The summed E-state index contributed by atoms with van der Waals surface area (Å²) in [6.07, 6.45) is 1.99. The van der Waals surface area contributed by atoms with Crippen LogP contribution in [0.25, 0.3) is 0 Å². The SMILES string of the molecule is CC(Nc1cc(Br)ccc1[N+](=O)[O-])C1CCOCC1. The van der Waals surface area contributed by atoms with Crippen LogP contribution < -0.4 is 5.32 Å². The molecule has 2 rings (SSSR count). The summed E-state index contributed by atoms with van der Waals surface area (Å²) in [4.78, 5) is 10.7. The van der Waals surface area contributed by atoms with Crippen LogP contribution in [-0.2, 0) is 4.74 Å². The molecule has 1 aliphatic heterocycles. The van der Waals surface area contributed by atoms with Crippen LogP contribution >= 0.6 is 15.9 Å². The quantitative estimate of drug-likeness (QED) is 0.677. The van der Waals surface area contributed by atoms with Gasteiger partial charge >= 0.3 is 0 Å². The second-order valence-corrected chi connectivity index (χ2v) is 5.72. The summed E-state index contributed by atoms with van der Waals surface area (Å²) in [5.41, 5.74) is 0.681. The molecule has 1 atom stereocenters. The lowest BCUT2D eigenvalue weighted by Gasteiger charge is -2.29. The fourth-order valence-corrected chi connectivity index (χ4v) is 2.72. The number of hydrogen-bond donors (Lipinski definition) is 1. The van der Waals surface area contributed by atoms with Gasteiger partial charge in [0, 0.05) is 29.8 Å². The molecule has 1 aliphatic rings. The van der Waals surface area contributed by atoms with Crippen LogP contribution in [0, 0.1) is 16.0 Å². The molecule has 0 aliphatic carbocycles. The highest BCUT2D eigenvalue weighted by Crippen LogP contribution is 2.30. The van der Waals surface area contributed by atoms with Crippen molar-refractivity contribution >= 4 is 27.3 Å². The van der Waals surface area contributed by atoms with Gasteiger partial charge in [0.2, 0.25) is 0 Å². The van der Waals surface area contributed by atoms with Crippen molar-refractivity contribution in [3.05, 3.63) is 32.8 Å². The summed E-state index contributed by atoms with van der Waals surface area (Å²) in [5.74, 6) is 0.493. The smallest absolute Gasteiger partial charge is 0.292 e. The number of rotatable bonds is 4. The largest absolute Gasteiger partial charge is 0.381 e. The van der Waals surface area contributed by atoms with E-state index in [1.165, 1.54) is 6.07 Å². The van der Waals surface area contributed by atoms with Gasteiger partial charge < -0.3 is 10.1 Å². The average molecular weight is 329 g/mol. The standard InChI is InChI=1S/C13H17BrN2O3/c1-9(10-4-6-19-7-5-10)15-12-8-11(14)2-3-13(12)16(17)18/h2-3,8-10,15H,4-7H2,1H3. The maximum atomic E-state index is 11.0. The van der Waals surface area contributed by atoms with Gasteiger partial charge in [-0.05, 0) is 37.8 Å². The first-order valence-electron chi connectivity index (χ1n) is 6.36. The third kappa shape index (κ3) is 3.67. The summed E-state index contributed by atoms with van der Waals surface area (Å²) in [5, 5.41) is 14.3. The molecular weight excluding hydrogens is 312 g/mol. The van der Waals surface area contributed by atoms with Crippen molar-refractivity contribution in [2.45, 2.75) is 25.8 Å². The van der Waals surface area contributed by atoms with Crippen LogP contribution in [0.15, 0.2) is 22.7 Å². The van der Waals surface area contributed by atoms with Crippen LogP contribution in [0.1, 0.15) is 19.8 Å². The molecule has 0 saturated carbocycles. The van der Waals surface area contributed by atoms with Gasteiger partial charge in [-0.3, -0.25) is 10.1 Å². The Hall–Kier alpha value is -1.14. The van der Waals surface area contributed by atoms with Crippen molar-refractivity contribution in [1.82, 2.24) is 0 Å². The van der Waals surface area contributed by atoms with Crippen LogP contribution in [0.2, 0.25) is 0 Å². The summed E-state index contributed by atoms with van der Waals surface area (Å²) in [6.45, 7) is 3.62. The molecule has 0 spiro atoms. The molecule has 1 heterocycles. The number of nitrogens with zero attached hydrogens (tertiary/aromatic N) is 1. The molecule has 6 heteroatoms. The number of nitrogens with one attached hydrogen (secondary N) is 1. The topological polar surface area (TPSA) is 64.4 Å². The lowest BCUT2D eigenvalue weighted by molar-refractivity contribution is -0.384. The first-order valence-corrected chi connectivity index (χ1v) is 7.15. The first-order chi connectivity index (χ1) is 9.08. The Morgan fingerprint density at radius 3 is 2.79 bits per heavy atom. The number of anilines is 1. The zero-order chi connectivity index (χ0) is 13.8. The third-order valence-electron chi connectivity index (χ3n) is 3.51. The van der Waals surface area contributed by atoms with Gasteiger partial charge in [-0.1, -0.05) is 15.9 Å². The van der Waals surface area contributed by atoms with Gasteiger partial charge in [-0.2, -0.15) is 0 Å². The van der Waals surface area contributed by atoms with Crippen LogP contribution in [0.4, 0.5) is 11.4 Å². The Labute approximate surface area is 120 Å². The highest BCUT2D eigenvalue weighted by Gasteiger charge is 2.23. The number of ether oxygens (including phenoxy) is 1. The molecule has 1 fully saturated rings. The van der Waals surface area contributed by atoms with Crippen molar-refractivity contribution in [3.8, 4) is 0 Å². The van der Waals surface area contributed by atoms with Crippen LogP contribution in [0.3, 0.4) is 0 Å². The zero-order valence-corrected chi connectivity index (χ0v) is 12.4. The highest BCUT2D eigenvalue weighted by atomic mass is 79.9. The number of benzene rings is 1. The van der Waals surface area contributed by atoms with Crippen LogP contribution in [-0.4, -0.2) is 24.2 Å². The van der Waals surface area contributed by atoms with E-state index in [0.29, 0.717) is 11.6 Å². The summed E-state index contributed by atoms with van der Waals surface area (Å²) in [7, 11) is 0. The van der Waals surface area contributed by atoms with E-state index in [1.54, 1.807) is 12.1 Å². The number of halogens is 1. The normalized spacial score (nSPS) is 18.0. The molecule has 1 saturated heterocycles. The van der Waals surface area contributed by atoms with E-state index in [4.69, 9.17) is 4.74 Å². The minimum atomic E-state index is -0.356. The van der Waals surface area contributed by atoms with Gasteiger partial charge in [0.15, 0.2) is 0 Å². The minimum absolute atomic E-state index is 0.113. The van der Waals surface area contributed by atoms with E-state index < -0.39 is 0 Å². The fourth-order valence-electron chi connectivity index (χ4n) is 2.36. The lowest BCUT2D eigenvalue weighted by Crippen LogP contribution is -2.31. The molecule has 5 nitrogen and oxygen atoms in total. The van der Waals surface area contributed by atoms with E-state index >= 15 is 0 Å². The fraction of sp³-hybridized carbons (Fsp3) is 0.538. The molecular formula is C13H17BrN2O3. The van der Waals surface area contributed by atoms with Gasteiger partial charge in [-0.25, -0.2) is 0 Å². The Kier molecular flexibility index (Phi) is 4.76. The van der Waals surface area contributed by atoms with Gasteiger partial charge in [-0.15, -0.1) is 0 Å². The molecule has 104 valence electrons. The molecule has 1 unspecified atom stereocenters. The van der Waals surface area contributed by atoms with Gasteiger partial charge in [0.25, 0.3) is 5.69 Å². The summed E-state index contributed by atoms with van der Waals surface area (Å²) >= 11 is 3.35. The highest BCUT2D eigenvalue weighted by molar-refractivity contribution is 9.10. The summed E-state index contributed by atoms with van der Waals surface area (Å²) in [6, 6.07) is 5.15. The Morgan fingerprint density at radius 2 is 2.16 bits per heavy atom. The molecule has 1 aromatic rings. The number of nitro groups is 1. The van der Waals surface area contributed by atoms with E-state index in [-0.39, 0.29) is 16.7 Å². The molecule has 0 radical (unpaired) electrons. The Morgan fingerprint density at radius 1 is 1.47 bits per heavy atom. The maximum Gasteiger partial charge on any atom is 0.292 e. The van der Waals surface area contributed by atoms with Crippen molar-refractivity contribution in [1.29, 1.82) is 0 Å². The van der Waals surface area contributed by atoms with E-state index in [9.17, 15) is 10.1 Å². The maximum absolute atomic E-state index is 11.0. The van der Waals surface area contributed by atoms with Crippen molar-refractivity contribution in [2.75, 3.05) is 18.5 Å². The third-order valence-corrected chi connectivity index (χ3v) is 4.00. The van der Waals surface area contributed by atoms with Crippen molar-refractivity contribution in [3.63, 3.8) is 0 Å². The van der Waals surface area contributed by atoms with Gasteiger partial charge in [0.1, 0.15) is 5.69 Å². The van der Waals surface area contributed by atoms with E-state index in [2.05, 4.69) is 28.2 Å². The summed E-state index contributed by atoms with van der Waals surface area (Å²) < 4.78 is 6.17.